The number of hydrogen-bond acceptors (Lipinski definition) is 10. The third-order valence-corrected chi connectivity index (χ3v) is 7.36. The summed E-state index contributed by atoms with van der Waals surface area (Å²) in [5.41, 5.74) is 1.27. The maximum Gasteiger partial charge on any atom is 0.227 e. The average Bonchev–Trinajstić information content (AvgIpc) is 3.36. The first-order valence-corrected chi connectivity index (χ1v) is 13.4. The van der Waals surface area contributed by atoms with Crippen LogP contribution in [0.4, 0.5) is 11.8 Å². The zero-order valence-electron chi connectivity index (χ0n) is 19.8. The number of aliphatic hydroxyl groups is 1. The number of halogens is 1. The second-order valence-electron chi connectivity index (χ2n) is 8.28. The number of anilines is 2. The molecule has 0 bridgehead atoms. The van der Waals surface area contributed by atoms with Crippen LogP contribution >= 0.6 is 11.6 Å². The van der Waals surface area contributed by atoms with Crippen molar-refractivity contribution < 1.29 is 18.3 Å². The normalized spacial score (nSPS) is 15.8. The van der Waals surface area contributed by atoms with E-state index in [0.29, 0.717) is 40.5 Å². The number of nitrogens with zero attached hydrogens (tertiary/aromatic N) is 5. The Labute approximate surface area is 215 Å². The van der Waals surface area contributed by atoms with Crippen molar-refractivity contribution in [1.82, 2.24) is 24.7 Å². The number of hydrogen-bond donors (Lipinski definition) is 3. The van der Waals surface area contributed by atoms with Gasteiger partial charge in [0.2, 0.25) is 16.0 Å². The van der Waals surface area contributed by atoms with Crippen molar-refractivity contribution in [2.45, 2.75) is 37.7 Å². The van der Waals surface area contributed by atoms with Crippen molar-refractivity contribution in [2.24, 2.45) is 0 Å². The van der Waals surface area contributed by atoms with Gasteiger partial charge in [0.15, 0.2) is 0 Å². The van der Waals surface area contributed by atoms with Crippen LogP contribution in [0.1, 0.15) is 29.8 Å². The lowest BCUT2D eigenvalue weighted by molar-refractivity contribution is 0.265. The van der Waals surface area contributed by atoms with Crippen LogP contribution in [0.25, 0.3) is 0 Å². The number of ether oxygens (including phenoxy) is 1. The van der Waals surface area contributed by atoms with Gasteiger partial charge in [-0.3, -0.25) is 0 Å². The minimum absolute atomic E-state index is 0.00191. The van der Waals surface area contributed by atoms with Gasteiger partial charge in [0, 0.05) is 37.2 Å². The quantitative estimate of drug-likeness (QED) is 0.335. The van der Waals surface area contributed by atoms with E-state index in [1.807, 2.05) is 11.0 Å². The van der Waals surface area contributed by atoms with E-state index in [1.165, 1.54) is 6.20 Å². The standard InChI is InChI=1S/C23H28ClN7O4S/c1-35-20-6-5-16(10-19(20)24)11-27-22-17(12-28-23(30-22)31-9-2-4-18(31)14-32)15-36(33,34)29-13-21-25-7-3-8-26-21/h3,5-8,10,12,18,29,32H,2,4,9,11,13-15H2,1H3,(H,27,28,30)/t18-/m0/s1. The van der Waals surface area contributed by atoms with Gasteiger partial charge in [-0.1, -0.05) is 17.7 Å². The summed E-state index contributed by atoms with van der Waals surface area (Å²) in [6.45, 7) is 1.04. The molecule has 1 aromatic carbocycles. The van der Waals surface area contributed by atoms with Gasteiger partial charge in [-0.25, -0.2) is 28.1 Å². The highest BCUT2D eigenvalue weighted by molar-refractivity contribution is 7.88. The Balaban J connectivity index is 1.56. The van der Waals surface area contributed by atoms with Crippen molar-refractivity contribution >= 4 is 33.4 Å². The van der Waals surface area contributed by atoms with E-state index in [4.69, 9.17) is 16.3 Å². The fourth-order valence-electron chi connectivity index (χ4n) is 3.94. The zero-order chi connectivity index (χ0) is 25.5. The summed E-state index contributed by atoms with van der Waals surface area (Å²) < 4.78 is 33.4. The summed E-state index contributed by atoms with van der Waals surface area (Å²) in [5, 5.41) is 13.4. The lowest BCUT2D eigenvalue weighted by atomic mass is 10.2. The maximum atomic E-state index is 12.8. The molecule has 11 nitrogen and oxygen atoms in total. The van der Waals surface area contributed by atoms with Gasteiger partial charge in [0.25, 0.3) is 0 Å². The Morgan fingerprint density at radius 2 is 2.03 bits per heavy atom. The molecular weight excluding hydrogens is 506 g/mol. The molecule has 3 aromatic rings. The molecule has 1 aliphatic heterocycles. The van der Waals surface area contributed by atoms with Crippen molar-refractivity contribution in [2.75, 3.05) is 30.5 Å². The average molecular weight is 534 g/mol. The number of methoxy groups -OCH3 is 1. The van der Waals surface area contributed by atoms with Crippen LogP contribution in [0.3, 0.4) is 0 Å². The molecule has 4 rings (SSSR count). The molecule has 0 spiro atoms. The van der Waals surface area contributed by atoms with Crippen LogP contribution < -0.4 is 19.7 Å². The largest absolute Gasteiger partial charge is 0.495 e. The molecule has 192 valence electrons. The van der Waals surface area contributed by atoms with Crippen LogP contribution in [0, 0.1) is 0 Å². The van der Waals surface area contributed by atoms with Crippen LogP contribution in [-0.2, 0) is 28.9 Å². The third kappa shape index (κ3) is 6.58. The number of sulfonamides is 1. The second-order valence-corrected chi connectivity index (χ2v) is 10.5. The molecule has 1 aliphatic rings. The summed E-state index contributed by atoms with van der Waals surface area (Å²) >= 11 is 6.25. The number of rotatable bonds is 11. The number of benzene rings is 1. The predicted octanol–water partition coefficient (Wildman–Crippen LogP) is 2.12. The minimum Gasteiger partial charge on any atom is -0.495 e. The van der Waals surface area contributed by atoms with Crippen LogP contribution in [-0.4, -0.2) is 59.8 Å². The fourth-order valence-corrected chi connectivity index (χ4v) is 5.29. The smallest absolute Gasteiger partial charge is 0.227 e. The minimum atomic E-state index is -3.74. The van der Waals surface area contributed by atoms with Gasteiger partial charge < -0.3 is 20.1 Å². The van der Waals surface area contributed by atoms with Gasteiger partial charge in [0.1, 0.15) is 17.4 Å². The van der Waals surface area contributed by atoms with E-state index in [9.17, 15) is 13.5 Å². The lowest BCUT2D eigenvalue weighted by Gasteiger charge is -2.24. The molecule has 36 heavy (non-hydrogen) atoms. The van der Waals surface area contributed by atoms with E-state index in [0.717, 1.165) is 24.9 Å². The highest BCUT2D eigenvalue weighted by Crippen LogP contribution is 2.27. The molecule has 0 unspecified atom stereocenters. The van der Waals surface area contributed by atoms with E-state index in [-0.39, 0.29) is 24.9 Å². The molecule has 1 fully saturated rings. The third-order valence-electron chi connectivity index (χ3n) is 5.79. The Kier molecular flexibility index (Phi) is 8.52. The molecule has 13 heteroatoms. The molecular formula is C23H28ClN7O4S. The van der Waals surface area contributed by atoms with Gasteiger partial charge >= 0.3 is 0 Å². The SMILES string of the molecule is COc1ccc(CNc2nc(N3CCC[C@H]3CO)ncc2CS(=O)(=O)NCc2ncccn2)cc1Cl. The summed E-state index contributed by atoms with van der Waals surface area (Å²) in [6.07, 6.45) is 6.37. The summed E-state index contributed by atoms with van der Waals surface area (Å²) in [7, 11) is -2.20. The van der Waals surface area contributed by atoms with Crippen molar-refractivity contribution in [1.29, 1.82) is 0 Å². The number of aliphatic hydroxyl groups excluding tert-OH is 1. The zero-order valence-corrected chi connectivity index (χ0v) is 21.3. The molecule has 1 atom stereocenters. The lowest BCUT2D eigenvalue weighted by Crippen LogP contribution is -2.33. The monoisotopic (exact) mass is 533 g/mol. The Bertz CT molecular complexity index is 1280. The fraction of sp³-hybridized carbons (Fsp3) is 0.391. The molecule has 0 saturated carbocycles. The Hall–Kier alpha value is -3.06. The molecule has 3 heterocycles. The van der Waals surface area contributed by atoms with E-state index in [1.54, 1.807) is 37.7 Å². The van der Waals surface area contributed by atoms with Gasteiger partial charge in [-0.2, -0.15) is 4.98 Å². The number of aromatic nitrogens is 4. The van der Waals surface area contributed by atoms with Crippen molar-refractivity contribution in [3.05, 3.63) is 64.8 Å². The summed E-state index contributed by atoms with van der Waals surface area (Å²) in [5.74, 6) is 1.42. The van der Waals surface area contributed by atoms with Crippen LogP contribution in [0.5, 0.6) is 5.75 Å². The van der Waals surface area contributed by atoms with Crippen molar-refractivity contribution in [3.63, 3.8) is 0 Å². The molecule has 0 radical (unpaired) electrons. The summed E-state index contributed by atoms with van der Waals surface area (Å²) in [4.78, 5) is 19.1. The van der Waals surface area contributed by atoms with Crippen LogP contribution in [0.15, 0.2) is 42.9 Å². The summed E-state index contributed by atoms with van der Waals surface area (Å²) in [6, 6.07) is 6.99. The topological polar surface area (TPSA) is 142 Å². The Morgan fingerprint density at radius 1 is 1.22 bits per heavy atom. The first-order chi connectivity index (χ1) is 17.4. The van der Waals surface area contributed by atoms with Gasteiger partial charge in [0.05, 0.1) is 37.1 Å². The second kappa shape index (κ2) is 11.8. The van der Waals surface area contributed by atoms with Gasteiger partial charge in [-0.05, 0) is 36.6 Å². The van der Waals surface area contributed by atoms with Crippen LogP contribution in [0.2, 0.25) is 5.02 Å². The molecule has 3 N–H and O–H groups in total. The first-order valence-electron chi connectivity index (χ1n) is 11.4. The van der Waals surface area contributed by atoms with E-state index < -0.39 is 10.0 Å². The Morgan fingerprint density at radius 3 is 2.75 bits per heavy atom. The molecule has 2 aromatic heterocycles. The van der Waals surface area contributed by atoms with E-state index in [2.05, 4.69) is 30.0 Å². The van der Waals surface area contributed by atoms with Gasteiger partial charge in [-0.15, -0.1) is 0 Å². The highest BCUT2D eigenvalue weighted by Gasteiger charge is 2.27. The van der Waals surface area contributed by atoms with E-state index >= 15 is 0 Å². The molecule has 0 aliphatic carbocycles. The highest BCUT2D eigenvalue weighted by atomic mass is 35.5. The molecule has 0 amide bonds. The predicted molar refractivity (Wildman–Crippen MR) is 136 cm³/mol. The first kappa shape index (κ1) is 26.0. The van der Waals surface area contributed by atoms with Crippen molar-refractivity contribution in [3.8, 4) is 5.75 Å². The maximum absolute atomic E-state index is 12.8. The number of nitrogens with one attached hydrogen (secondary N) is 2. The molecule has 1 saturated heterocycles.